The van der Waals surface area contributed by atoms with Gasteiger partial charge in [-0.2, -0.15) is 0 Å². The van der Waals surface area contributed by atoms with Gasteiger partial charge in [-0.05, 0) is 0 Å². The van der Waals surface area contributed by atoms with Gasteiger partial charge in [-0.15, -0.1) is 0 Å². The van der Waals surface area contributed by atoms with Gasteiger partial charge in [0.2, 0.25) is 5.78 Å². The van der Waals surface area contributed by atoms with Crippen molar-refractivity contribution in [3.63, 3.8) is 0 Å². The van der Waals surface area contributed by atoms with E-state index >= 15 is 0 Å². The molecule has 0 aliphatic rings. The molecule has 0 aliphatic heterocycles. The van der Waals surface area contributed by atoms with E-state index in [9.17, 15) is 9.59 Å². The average Bonchev–Trinajstić information content (AvgIpc) is 1.84. The maximum atomic E-state index is 10.8. The Labute approximate surface area is 69.1 Å². The van der Waals surface area contributed by atoms with Crippen LogP contribution < -0.4 is 0 Å². The predicted molar refractivity (Wildman–Crippen MR) is 38.2 cm³/mol. The van der Waals surface area contributed by atoms with Gasteiger partial charge in [-0.1, -0.05) is 13.8 Å². The molecule has 5 heteroatoms. The fourth-order valence-electron chi connectivity index (χ4n) is 0.431. The molecule has 1 unspecified atom stereocenters. The Bertz CT molecular complexity index is 166. The van der Waals surface area contributed by atoms with E-state index in [2.05, 4.69) is 4.74 Å². The molecule has 1 atom stereocenters. The van der Waals surface area contributed by atoms with Gasteiger partial charge in [-0.25, -0.2) is 4.79 Å². The molecule has 0 saturated heterocycles. The number of rotatable bonds is 3. The first kappa shape index (κ1) is 10.4. The number of ether oxygens (including phenoxy) is 1. The molecule has 0 heterocycles. The smallest absolute Gasteiger partial charge is 0.406 e. The number of halogens is 1. The van der Waals surface area contributed by atoms with E-state index in [1.54, 1.807) is 13.8 Å². The van der Waals surface area contributed by atoms with Gasteiger partial charge in [0.15, 0.2) is 0 Å². The van der Waals surface area contributed by atoms with Crippen molar-refractivity contribution in [3.05, 3.63) is 0 Å². The largest absolute Gasteiger partial charge is 0.416 e. The summed E-state index contributed by atoms with van der Waals surface area (Å²) in [7, 11) is 0. The zero-order valence-electron chi connectivity index (χ0n) is 6.20. The molecular formula is C6H9ClO4. The second-order valence-corrected chi connectivity index (χ2v) is 2.57. The van der Waals surface area contributed by atoms with Crippen LogP contribution in [0.5, 0.6) is 0 Å². The lowest BCUT2D eigenvalue weighted by atomic mass is 10.1. The number of aliphatic hydroxyl groups is 1. The zero-order chi connectivity index (χ0) is 9.02. The van der Waals surface area contributed by atoms with Crippen LogP contribution in [-0.4, -0.2) is 22.6 Å². The third-order valence-electron chi connectivity index (χ3n) is 1.02. The van der Waals surface area contributed by atoms with E-state index < -0.39 is 17.5 Å². The van der Waals surface area contributed by atoms with Crippen LogP contribution >= 0.6 is 11.6 Å². The normalized spacial score (nSPS) is 12.8. The highest BCUT2D eigenvalue weighted by Gasteiger charge is 2.21. The van der Waals surface area contributed by atoms with Gasteiger partial charge in [0, 0.05) is 17.5 Å². The Morgan fingerprint density at radius 3 is 2.18 bits per heavy atom. The lowest BCUT2D eigenvalue weighted by Gasteiger charge is -2.09. The van der Waals surface area contributed by atoms with Gasteiger partial charge in [0.05, 0.1) is 0 Å². The van der Waals surface area contributed by atoms with Crippen LogP contribution in [0.4, 0.5) is 4.79 Å². The van der Waals surface area contributed by atoms with Crippen molar-refractivity contribution < 1.29 is 19.4 Å². The molecule has 0 amide bonds. The lowest BCUT2D eigenvalue weighted by molar-refractivity contribution is -0.147. The summed E-state index contributed by atoms with van der Waals surface area (Å²) in [5.41, 5.74) is -1.19. The number of ketones is 1. The number of aliphatic hydroxyl groups excluding tert-OH is 1. The van der Waals surface area contributed by atoms with Gasteiger partial charge >= 0.3 is 5.43 Å². The van der Waals surface area contributed by atoms with Crippen molar-refractivity contribution in [2.24, 2.45) is 5.92 Å². The first-order valence-electron chi connectivity index (χ1n) is 3.03. The fraction of sp³-hybridized carbons (Fsp3) is 0.667. The van der Waals surface area contributed by atoms with Crippen molar-refractivity contribution >= 4 is 22.8 Å². The molecule has 0 aromatic heterocycles. The summed E-state index contributed by atoms with van der Waals surface area (Å²) in [4.78, 5) is 20.8. The Balaban J connectivity index is 3.93. The highest BCUT2D eigenvalue weighted by molar-refractivity contribution is 6.61. The number of hydrogen-bond donors (Lipinski definition) is 1. The van der Waals surface area contributed by atoms with Gasteiger partial charge in [0.25, 0.3) is 6.29 Å². The van der Waals surface area contributed by atoms with Crippen LogP contribution in [0.25, 0.3) is 0 Å². The molecule has 0 saturated carbocycles. The van der Waals surface area contributed by atoms with Crippen LogP contribution in [-0.2, 0) is 9.53 Å². The Morgan fingerprint density at radius 1 is 1.45 bits per heavy atom. The average molecular weight is 181 g/mol. The SMILES string of the molecule is CC(C)C(=O)C(O)OC(=O)Cl. The number of carbonyl (C=O) groups is 2. The predicted octanol–water partition coefficient (Wildman–Crippen LogP) is 0.905. The fourth-order valence-corrected chi connectivity index (χ4v) is 0.515. The lowest BCUT2D eigenvalue weighted by Crippen LogP contribution is -2.28. The summed E-state index contributed by atoms with van der Waals surface area (Å²) in [5.74, 6) is -0.958. The first-order valence-corrected chi connectivity index (χ1v) is 3.41. The number of carbonyl (C=O) groups excluding carboxylic acids is 2. The molecule has 11 heavy (non-hydrogen) atoms. The molecule has 0 rings (SSSR count). The van der Waals surface area contributed by atoms with Gasteiger partial charge < -0.3 is 9.84 Å². The van der Waals surface area contributed by atoms with Crippen LogP contribution in [0.1, 0.15) is 13.8 Å². The molecule has 64 valence electrons. The van der Waals surface area contributed by atoms with Crippen molar-refractivity contribution in [2.75, 3.05) is 0 Å². The number of hydrogen-bond acceptors (Lipinski definition) is 4. The minimum atomic E-state index is -1.74. The first-order chi connectivity index (χ1) is 4.95. The van der Waals surface area contributed by atoms with Crippen LogP contribution in [0, 0.1) is 5.92 Å². The van der Waals surface area contributed by atoms with E-state index in [4.69, 9.17) is 16.7 Å². The molecule has 0 aromatic rings. The summed E-state index contributed by atoms with van der Waals surface area (Å²) in [6.07, 6.45) is -1.74. The highest BCUT2D eigenvalue weighted by atomic mass is 35.5. The molecule has 0 fully saturated rings. The second-order valence-electron chi connectivity index (χ2n) is 2.26. The molecule has 0 aromatic carbocycles. The highest BCUT2D eigenvalue weighted by Crippen LogP contribution is 2.02. The molecule has 0 bridgehead atoms. The van der Waals surface area contributed by atoms with Crippen LogP contribution in [0.3, 0.4) is 0 Å². The summed E-state index contributed by atoms with van der Waals surface area (Å²) in [5, 5.41) is 8.78. The van der Waals surface area contributed by atoms with Crippen molar-refractivity contribution in [1.29, 1.82) is 0 Å². The van der Waals surface area contributed by atoms with E-state index in [-0.39, 0.29) is 5.92 Å². The molecule has 0 aliphatic carbocycles. The summed E-state index contributed by atoms with van der Waals surface area (Å²) in [6, 6.07) is 0. The van der Waals surface area contributed by atoms with E-state index in [1.165, 1.54) is 0 Å². The van der Waals surface area contributed by atoms with Crippen LogP contribution in [0.15, 0.2) is 0 Å². The minimum absolute atomic E-state index is 0.388. The van der Waals surface area contributed by atoms with E-state index in [1.807, 2.05) is 0 Å². The monoisotopic (exact) mass is 180 g/mol. The van der Waals surface area contributed by atoms with E-state index in [0.29, 0.717) is 0 Å². The Kier molecular flexibility index (Phi) is 4.07. The third kappa shape index (κ3) is 3.95. The topological polar surface area (TPSA) is 63.6 Å². The van der Waals surface area contributed by atoms with Gasteiger partial charge in [0.1, 0.15) is 0 Å². The maximum Gasteiger partial charge on any atom is 0.406 e. The van der Waals surface area contributed by atoms with Crippen LogP contribution in [0.2, 0.25) is 0 Å². The maximum absolute atomic E-state index is 10.8. The molecular weight excluding hydrogens is 172 g/mol. The van der Waals surface area contributed by atoms with Crippen molar-refractivity contribution in [2.45, 2.75) is 20.1 Å². The standard InChI is InChI=1S/C6H9ClO4/c1-3(2)4(8)5(9)11-6(7)10/h3,5,9H,1-2H3. The molecule has 0 spiro atoms. The van der Waals surface area contributed by atoms with Crippen molar-refractivity contribution in [3.8, 4) is 0 Å². The Morgan fingerprint density at radius 2 is 1.91 bits per heavy atom. The molecule has 4 nitrogen and oxygen atoms in total. The quantitative estimate of drug-likeness (QED) is 0.518. The summed E-state index contributed by atoms with van der Waals surface area (Å²) < 4.78 is 4.01. The summed E-state index contributed by atoms with van der Waals surface area (Å²) in [6.45, 7) is 3.15. The Hall–Kier alpha value is -0.610. The second kappa shape index (κ2) is 4.31. The van der Waals surface area contributed by atoms with Gasteiger partial charge in [-0.3, -0.25) is 4.79 Å². The molecule has 0 radical (unpaired) electrons. The summed E-state index contributed by atoms with van der Waals surface area (Å²) >= 11 is 4.75. The number of Topliss-reactive ketones (excluding diaryl/α,β-unsaturated/α-hetero) is 1. The molecule has 1 N–H and O–H groups in total. The zero-order valence-corrected chi connectivity index (χ0v) is 6.96. The van der Waals surface area contributed by atoms with Crippen molar-refractivity contribution in [1.82, 2.24) is 0 Å². The minimum Gasteiger partial charge on any atom is -0.416 e. The van der Waals surface area contributed by atoms with E-state index in [0.717, 1.165) is 0 Å². The third-order valence-corrected chi connectivity index (χ3v) is 1.11.